The molecule has 19 heavy (non-hydrogen) atoms. The normalized spacial score (nSPS) is 21.1. The highest BCUT2D eigenvalue weighted by Gasteiger charge is 2.36. The van der Waals surface area contributed by atoms with Crippen molar-refractivity contribution < 1.29 is 19.4 Å². The highest BCUT2D eigenvalue weighted by molar-refractivity contribution is 5.77. The molecule has 0 aromatic rings. The molecule has 1 fully saturated rings. The molecular formula is C14H27NO4. The molecule has 0 aromatic heterocycles. The van der Waals surface area contributed by atoms with Crippen molar-refractivity contribution in [1.82, 2.24) is 5.32 Å². The highest BCUT2D eigenvalue weighted by atomic mass is 16.5. The molecule has 5 nitrogen and oxygen atoms in total. The molecule has 1 amide bonds. The summed E-state index contributed by atoms with van der Waals surface area (Å²) in [5, 5.41) is 13.1. The van der Waals surface area contributed by atoms with E-state index in [1.54, 1.807) is 7.11 Å². The van der Waals surface area contributed by atoms with Crippen LogP contribution in [0.25, 0.3) is 0 Å². The van der Waals surface area contributed by atoms with Crippen molar-refractivity contribution in [3.8, 4) is 0 Å². The first kappa shape index (κ1) is 16.4. The SMILES string of the molecule is COCCOCC(=O)NCC1(O)CCC(C)(C)CC1. The first-order valence-electron chi connectivity index (χ1n) is 6.93. The van der Waals surface area contributed by atoms with Gasteiger partial charge in [-0.1, -0.05) is 13.8 Å². The van der Waals surface area contributed by atoms with Gasteiger partial charge >= 0.3 is 0 Å². The quantitative estimate of drug-likeness (QED) is 0.682. The molecule has 0 unspecified atom stereocenters. The monoisotopic (exact) mass is 273 g/mol. The zero-order chi connectivity index (χ0) is 14.4. The Labute approximate surface area is 115 Å². The minimum Gasteiger partial charge on any atom is -0.388 e. The molecule has 2 N–H and O–H groups in total. The van der Waals surface area contributed by atoms with E-state index in [0.29, 0.717) is 25.2 Å². The molecule has 1 aliphatic rings. The van der Waals surface area contributed by atoms with E-state index in [-0.39, 0.29) is 12.5 Å². The van der Waals surface area contributed by atoms with Gasteiger partial charge < -0.3 is 19.9 Å². The van der Waals surface area contributed by atoms with Gasteiger partial charge in [-0.2, -0.15) is 0 Å². The van der Waals surface area contributed by atoms with E-state index in [1.807, 2.05) is 0 Å². The van der Waals surface area contributed by atoms with Crippen LogP contribution in [0, 0.1) is 5.41 Å². The van der Waals surface area contributed by atoms with Crippen LogP contribution >= 0.6 is 0 Å². The van der Waals surface area contributed by atoms with Crippen molar-refractivity contribution in [2.75, 3.05) is 33.5 Å². The van der Waals surface area contributed by atoms with Crippen molar-refractivity contribution in [3.05, 3.63) is 0 Å². The smallest absolute Gasteiger partial charge is 0.246 e. The maximum absolute atomic E-state index is 11.5. The predicted molar refractivity (Wildman–Crippen MR) is 72.9 cm³/mol. The van der Waals surface area contributed by atoms with E-state index in [1.165, 1.54) is 0 Å². The van der Waals surface area contributed by atoms with E-state index in [4.69, 9.17) is 9.47 Å². The Morgan fingerprint density at radius 3 is 2.42 bits per heavy atom. The molecule has 0 bridgehead atoms. The van der Waals surface area contributed by atoms with E-state index in [9.17, 15) is 9.90 Å². The van der Waals surface area contributed by atoms with E-state index < -0.39 is 5.60 Å². The van der Waals surface area contributed by atoms with Gasteiger partial charge in [0.2, 0.25) is 5.91 Å². The lowest BCUT2D eigenvalue weighted by Gasteiger charge is -2.40. The zero-order valence-corrected chi connectivity index (χ0v) is 12.3. The topological polar surface area (TPSA) is 67.8 Å². The second kappa shape index (κ2) is 7.22. The summed E-state index contributed by atoms with van der Waals surface area (Å²) in [6.45, 7) is 5.65. The largest absolute Gasteiger partial charge is 0.388 e. The third kappa shape index (κ3) is 6.36. The number of hydrogen-bond acceptors (Lipinski definition) is 4. The number of carbonyl (C=O) groups is 1. The van der Waals surface area contributed by atoms with Gasteiger partial charge in [-0.3, -0.25) is 4.79 Å². The molecule has 0 aliphatic heterocycles. The Balaban J connectivity index is 2.19. The van der Waals surface area contributed by atoms with Gasteiger partial charge in [0.25, 0.3) is 0 Å². The number of rotatable bonds is 7. The second-order valence-corrected chi connectivity index (χ2v) is 6.21. The third-order valence-electron chi connectivity index (χ3n) is 3.81. The maximum atomic E-state index is 11.5. The molecule has 112 valence electrons. The summed E-state index contributed by atoms with van der Waals surface area (Å²) in [5.74, 6) is -0.186. The molecule has 1 rings (SSSR count). The first-order valence-corrected chi connectivity index (χ1v) is 6.93. The number of nitrogens with one attached hydrogen (secondary N) is 1. The van der Waals surface area contributed by atoms with Gasteiger partial charge in [-0.05, 0) is 31.1 Å². The molecule has 0 aromatic carbocycles. The van der Waals surface area contributed by atoms with Crippen LogP contribution in [0.4, 0.5) is 0 Å². The van der Waals surface area contributed by atoms with Crippen LogP contribution in [0.3, 0.4) is 0 Å². The Hall–Kier alpha value is -0.650. The van der Waals surface area contributed by atoms with Crippen molar-refractivity contribution in [2.24, 2.45) is 5.41 Å². The molecule has 5 heteroatoms. The first-order chi connectivity index (χ1) is 8.87. The third-order valence-corrected chi connectivity index (χ3v) is 3.81. The standard InChI is InChI=1S/C14H27NO4/c1-13(2)4-6-14(17,7-5-13)11-15-12(16)10-19-9-8-18-3/h17H,4-11H2,1-3H3,(H,15,16). The minimum atomic E-state index is -0.752. The summed E-state index contributed by atoms with van der Waals surface area (Å²) >= 11 is 0. The van der Waals surface area contributed by atoms with Crippen LogP contribution in [0.1, 0.15) is 39.5 Å². The number of ether oxygens (including phenoxy) is 2. The average molecular weight is 273 g/mol. The molecule has 0 radical (unpaired) electrons. The molecule has 0 spiro atoms. The molecule has 1 aliphatic carbocycles. The lowest BCUT2D eigenvalue weighted by molar-refractivity contribution is -0.128. The van der Waals surface area contributed by atoms with Crippen LogP contribution in [0.5, 0.6) is 0 Å². The number of hydrogen-bond donors (Lipinski definition) is 2. The Morgan fingerprint density at radius 2 is 1.84 bits per heavy atom. The van der Waals surface area contributed by atoms with Crippen LogP contribution in [0.15, 0.2) is 0 Å². The van der Waals surface area contributed by atoms with Crippen LogP contribution in [0.2, 0.25) is 0 Å². The van der Waals surface area contributed by atoms with Crippen molar-refractivity contribution in [2.45, 2.75) is 45.1 Å². The summed E-state index contributed by atoms with van der Waals surface area (Å²) in [5.41, 5.74) is -0.447. The maximum Gasteiger partial charge on any atom is 0.246 e. The van der Waals surface area contributed by atoms with Gasteiger partial charge in [0.15, 0.2) is 0 Å². The van der Waals surface area contributed by atoms with Gasteiger partial charge in [-0.25, -0.2) is 0 Å². The van der Waals surface area contributed by atoms with E-state index in [2.05, 4.69) is 19.2 Å². The molecular weight excluding hydrogens is 246 g/mol. The fourth-order valence-electron chi connectivity index (χ4n) is 2.19. The number of methoxy groups -OCH3 is 1. The fourth-order valence-corrected chi connectivity index (χ4v) is 2.19. The summed E-state index contributed by atoms with van der Waals surface area (Å²) in [6.07, 6.45) is 3.46. The van der Waals surface area contributed by atoms with Crippen molar-refractivity contribution >= 4 is 5.91 Å². The molecule has 0 saturated heterocycles. The number of carbonyl (C=O) groups excluding carboxylic acids is 1. The summed E-state index contributed by atoms with van der Waals surface area (Å²) in [6, 6.07) is 0. The summed E-state index contributed by atoms with van der Waals surface area (Å²) < 4.78 is 9.94. The van der Waals surface area contributed by atoms with Crippen LogP contribution in [-0.4, -0.2) is 50.1 Å². The Bertz CT molecular complexity index is 281. The van der Waals surface area contributed by atoms with E-state index >= 15 is 0 Å². The Morgan fingerprint density at radius 1 is 1.21 bits per heavy atom. The van der Waals surface area contributed by atoms with Crippen molar-refractivity contribution in [3.63, 3.8) is 0 Å². The Kier molecular flexibility index (Phi) is 6.23. The van der Waals surface area contributed by atoms with Crippen LogP contribution < -0.4 is 5.32 Å². The summed E-state index contributed by atoms with van der Waals surface area (Å²) in [4.78, 5) is 11.5. The number of amides is 1. The molecule has 1 saturated carbocycles. The summed E-state index contributed by atoms with van der Waals surface area (Å²) in [7, 11) is 1.59. The minimum absolute atomic E-state index is 0.0188. The number of aliphatic hydroxyl groups is 1. The second-order valence-electron chi connectivity index (χ2n) is 6.21. The van der Waals surface area contributed by atoms with Crippen molar-refractivity contribution in [1.29, 1.82) is 0 Å². The van der Waals surface area contributed by atoms with Gasteiger partial charge in [0.05, 0.1) is 18.8 Å². The molecule has 0 heterocycles. The fraction of sp³-hybridized carbons (Fsp3) is 0.929. The average Bonchev–Trinajstić information content (AvgIpc) is 2.37. The lowest BCUT2D eigenvalue weighted by atomic mass is 9.71. The van der Waals surface area contributed by atoms with Gasteiger partial charge in [0, 0.05) is 13.7 Å². The zero-order valence-electron chi connectivity index (χ0n) is 12.3. The van der Waals surface area contributed by atoms with E-state index in [0.717, 1.165) is 25.7 Å². The lowest BCUT2D eigenvalue weighted by Crippen LogP contribution is -2.47. The predicted octanol–water partition coefficient (Wildman–Crippen LogP) is 1.10. The van der Waals surface area contributed by atoms with Gasteiger partial charge in [0.1, 0.15) is 6.61 Å². The molecule has 0 atom stereocenters. The highest BCUT2D eigenvalue weighted by Crippen LogP contribution is 2.39. The van der Waals surface area contributed by atoms with Crippen LogP contribution in [-0.2, 0) is 14.3 Å². The van der Waals surface area contributed by atoms with Gasteiger partial charge in [-0.15, -0.1) is 0 Å².